The molecule has 0 spiro atoms. The third-order valence-corrected chi connectivity index (χ3v) is 18.0. The van der Waals surface area contributed by atoms with E-state index in [4.69, 9.17) is 4.42 Å². The van der Waals surface area contributed by atoms with Crippen molar-refractivity contribution >= 4 is 160 Å². The first-order chi connectivity index (χ1) is 36.7. The molecule has 16 rings (SSSR count). The summed E-state index contributed by atoms with van der Waals surface area (Å²) in [6.45, 7) is -0.0794. The molecule has 4 aliphatic rings. The minimum atomic E-state index is -0.0750. The first-order valence-corrected chi connectivity index (χ1v) is 27.1. The van der Waals surface area contributed by atoms with Crippen LogP contribution in [0.5, 0.6) is 0 Å². The Balaban J connectivity index is 1.01. The Labute approximate surface area is 436 Å². The molecule has 0 N–H and O–H groups in total. The molecule has 12 aromatic rings. The van der Waals surface area contributed by atoms with Crippen molar-refractivity contribution in [1.29, 1.82) is 0 Å². The molecule has 5 nitrogen and oxygen atoms in total. The molecule has 11 aromatic carbocycles. The molecule has 0 saturated carbocycles. The summed E-state index contributed by atoms with van der Waals surface area (Å²) in [6, 6.07) is 93.9. The molecule has 344 valence electrons. The summed E-state index contributed by atoms with van der Waals surface area (Å²) in [6.07, 6.45) is 0. The van der Waals surface area contributed by atoms with E-state index in [9.17, 15) is 0 Å². The van der Waals surface area contributed by atoms with Gasteiger partial charge in [0.25, 0.3) is 0 Å². The van der Waals surface area contributed by atoms with Crippen LogP contribution in [0.4, 0.5) is 68.2 Å². The molecule has 0 radical (unpaired) electrons. The molecule has 0 bridgehead atoms. The van der Waals surface area contributed by atoms with E-state index in [1.165, 1.54) is 81.2 Å². The van der Waals surface area contributed by atoms with Crippen molar-refractivity contribution in [2.75, 3.05) is 19.6 Å². The molecule has 0 fully saturated rings. The van der Waals surface area contributed by atoms with Crippen molar-refractivity contribution in [3.05, 3.63) is 255 Å². The molecule has 0 unspecified atom stereocenters. The van der Waals surface area contributed by atoms with Crippen molar-refractivity contribution in [2.45, 2.75) is 0 Å². The zero-order chi connectivity index (χ0) is 48.4. The maximum absolute atomic E-state index is 6.87. The zero-order valence-electron chi connectivity index (χ0n) is 40.0. The fourth-order valence-electron chi connectivity index (χ4n) is 12.7. The molecule has 1 aromatic heterocycles. The van der Waals surface area contributed by atoms with Crippen LogP contribution in [-0.4, -0.2) is 28.4 Å². The third kappa shape index (κ3) is 6.07. The van der Waals surface area contributed by atoms with E-state index in [2.05, 4.69) is 274 Å². The number of benzene rings is 11. The summed E-state index contributed by atoms with van der Waals surface area (Å²) in [7, 11) is 0. The molecule has 4 aliphatic heterocycles. The van der Waals surface area contributed by atoms with Gasteiger partial charge in [-0.2, -0.15) is 0 Å². The van der Waals surface area contributed by atoms with Crippen molar-refractivity contribution in [3.63, 3.8) is 0 Å². The average Bonchev–Trinajstić information content (AvgIpc) is 3.92. The van der Waals surface area contributed by atoms with Crippen LogP contribution in [0.2, 0.25) is 0 Å². The Bertz CT molecular complexity index is 4170. The second-order valence-corrected chi connectivity index (χ2v) is 21.8. The van der Waals surface area contributed by atoms with Gasteiger partial charge in [0.1, 0.15) is 0 Å². The molecule has 8 heteroatoms. The standard InChI is InChI=1S/C66H42B2N4OSe/c1-6-22-43(23-7-1)69(44-24-8-2-9-25-44)48-38-57-64-58(39-48)71(46-28-12-4-13-29-46)56-41-61-53(40-52(56)67(64)50-33-17-19-35-54(50)70(57)45-26-10-3-11-27-45)68-51-34-18-20-36-55(51)72(47-30-14-5-15-31-47)66-63-49-32-16-21-37-59(49)73-60(63)42-62(74-61)65(66)68/h1-42H. The van der Waals surface area contributed by atoms with E-state index in [1.807, 2.05) is 0 Å². The number of anilines is 12. The van der Waals surface area contributed by atoms with Crippen LogP contribution in [0.1, 0.15) is 0 Å². The van der Waals surface area contributed by atoms with Gasteiger partial charge >= 0.3 is 439 Å². The van der Waals surface area contributed by atoms with Crippen LogP contribution in [0, 0.1) is 0 Å². The summed E-state index contributed by atoms with van der Waals surface area (Å²) in [5.74, 6) is 0. The zero-order valence-corrected chi connectivity index (χ0v) is 41.7. The van der Waals surface area contributed by atoms with E-state index in [1.54, 1.807) is 0 Å². The van der Waals surface area contributed by atoms with Gasteiger partial charge in [-0.15, -0.1) is 0 Å². The van der Waals surface area contributed by atoms with E-state index in [0.717, 1.165) is 50.7 Å². The van der Waals surface area contributed by atoms with Crippen LogP contribution < -0.4 is 61.3 Å². The second-order valence-electron chi connectivity index (χ2n) is 19.6. The number of nitrogens with zero attached hydrogens (tertiary/aromatic N) is 4. The Morgan fingerprint density at radius 2 is 0.824 bits per heavy atom. The topological polar surface area (TPSA) is 26.1 Å². The van der Waals surface area contributed by atoms with Crippen LogP contribution in [0.15, 0.2) is 259 Å². The molecule has 5 heterocycles. The average molecular weight is 1010 g/mol. The monoisotopic (exact) mass is 1010 g/mol. The summed E-state index contributed by atoms with van der Waals surface area (Å²) in [5.41, 5.74) is 23.7. The number of hydrogen-bond donors (Lipinski definition) is 0. The van der Waals surface area contributed by atoms with Crippen LogP contribution in [-0.2, 0) is 0 Å². The van der Waals surface area contributed by atoms with Gasteiger partial charge < -0.3 is 0 Å². The number of rotatable bonds is 6. The number of para-hydroxylation sites is 8. The van der Waals surface area contributed by atoms with Gasteiger partial charge in [-0.25, -0.2) is 0 Å². The summed E-state index contributed by atoms with van der Waals surface area (Å²) >= 11 is -0.0750. The SMILES string of the molecule is c1ccc(N(c2ccccc2)c2cc3c4c(c2)N(c2ccccc2)c2cc5c(cc2B4c2ccccc2N3c2ccccc2)B2c3ccccc3N(c3ccccc3)c3c2c(cc2oc4ccccc4c32)[Se]5)cc1. The van der Waals surface area contributed by atoms with Gasteiger partial charge in [-0.05, 0) is 0 Å². The normalized spacial score (nSPS) is 13.5. The van der Waals surface area contributed by atoms with Gasteiger partial charge in [-0.1, -0.05) is 0 Å². The van der Waals surface area contributed by atoms with Crippen molar-refractivity contribution in [1.82, 2.24) is 0 Å². The minimum absolute atomic E-state index is 0.0106. The van der Waals surface area contributed by atoms with Gasteiger partial charge in [-0.3, -0.25) is 0 Å². The number of furan rings is 1. The molecular weight excluding hydrogens is 965 g/mol. The Morgan fingerprint density at radius 3 is 1.43 bits per heavy atom. The van der Waals surface area contributed by atoms with Crippen molar-refractivity contribution < 1.29 is 4.42 Å². The summed E-state index contributed by atoms with van der Waals surface area (Å²) in [5, 5.41) is 2.32. The third-order valence-electron chi connectivity index (χ3n) is 15.6. The molecular formula is C66H42B2N4OSe. The maximum atomic E-state index is 6.87. The van der Waals surface area contributed by atoms with Crippen LogP contribution in [0.25, 0.3) is 21.9 Å². The van der Waals surface area contributed by atoms with Gasteiger partial charge in [0.2, 0.25) is 0 Å². The van der Waals surface area contributed by atoms with E-state index in [0.29, 0.717) is 0 Å². The van der Waals surface area contributed by atoms with Crippen molar-refractivity contribution in [3.8, 4) is 0 Å². The molecule has 0 aliphatic carbocycles. The first kappa shape index (κ1) is 41.7. The first-order valence-electron chi connectivity index (χ1n) is 25.4. The quantitative estimate of drug-likeness (QED) is 0.155. The Kier molecular flexibility index (Phi) is 9.17. The summed E-state index contributed by atoms with van der Waals surface area (Å²) < 4.78 is 9.62. The number of hydrogen-bond acceptors (Lipinski definition) is 5. The molecule has 0 atom stereocenters. The Morgan fingerprint density at radius 1 is 0.338 bits per heavy atom. The fraction of sp³-hybridized carbons (Fsp3) is 0. The number of fused-ring (bicyclic) bond motifs is 12. The fourth-order valence-corrected chi connectivity index (χ4v) is 15.2. The van der Waals surface area contributed by atoms with E-state index < -0.39 is 0 Å². The van der Waals surface area contributed by atoms with Gasteiger partial charge in [0.05, 0.1) is 0 Å². The van der Waals surface area contributed by atoms with Crippen LogP contribution in [0.3, 0.4) is 0 Å². The summed E-state index contributed by atoms with van der Waals surface area (Å²) in [4.78, 5) is 10.0. The Hall–Kier alpha value is -8.93. The van der Waals surface area contributed by atoms with Crippen molar-refractivity contribution in [2.24, 2.45) is 0 Å². The van der Waals surface area contributed by atoms with Crippen LogP contribution >= 0.6 is 0 Å². The molecule has 0 saturated heterocycles. The van der Waals surface area contributed by atoms with Gasteiger partial charge in [0, 0.05) is 0 Å². The molecule has 0 amide bonds. The van der Waals surface area contributed by atoms with E-state index in [-0.39, 0.29) is 28.4 Å². The molecule has 74 heavy (non-hydrogen) atoms. The van der Waals surface area contributed by atoms with E-state index >= 15 is 0 Å². The second kappa shape index (κ2) is 16.3. The van der Waals surface area contributed by atoms with Gasteiger partial charge in [0.15, 0.2) is 0 Å². The predicted octanol–water partition coefficient (Wildman–Crippen LogP) is 11.4. The predicted molar refractivity (Wildman–Crippen MR) is 313 cm³/mol.